The van der Waals surface area contributed by atoms with Crippen LogP contribution in [-0.4, -0.2) is 77.2 Å². The average Bonchev–Trinajstić information content (AvgIpc) is 2.71. The first kappa shape index (κ1) is 28.1. The van der Waals surface area contributed by atoms with Crippen LogP contribution in [0.1, 0.15) is 40.0 Å². The highest BCUT2D eigenvalue weighted by atomic mass is 16.4. The van der Waals surface area contributed by atoms with Crippen molar-refractivity contribution in [1.29, 1.82) is 0 Å². The van der Waals surface area contributed by atoms with Crippen LogP contribution in [0.2, 0.25) is 0 Å². The second-order valence-corrected chi connectivity index (χ2v) is 7.24. The van der Waals surface area contributed by atoms with Gasteiger partial charge in [-0.3, -0.25) is 19.4 Å². The average molecular weight is 446 g/mol. The molecule has 3 amide bonds. The number of aliphatic hydroxyl groups is 1. The predicted octanol–water partition coefficient (Wildman–Crippen LogP) is -3.04. The number of hydrogen-bond acceptors (Lipinski definition) is 7. The van der Waals surface area contributed by atoms with Crippen LogP contribution < -0.4 is 33.2 Å². The molecule has 0 radical (unpaired) electrons. The highest BCUT2D eigenvalue weighted by Gasteiger charge is 2.31. The van der Waals surface area contributed by atoms with Crippen LogP contribution in [0.15, 0.2) is 4.99 Å². The van der Waals surface area contributed by atoms with E-state index in [4.69, 9.17) is 22.3 Å². The van der Waals surface area contributed by atoms with E-state index in [-0.39, 0.29) is 24.8 Å². The van der Waals surface area contributed by atoms with Crippen LogP contribution in [0, 0.1) is 5.92 Å². The Hall–Kier alpha value is -2.93. The minimum Gasteiger partial charge on any atom is -0.480 e. The molecule has 31 heavy (non-hydrogen) atoms. The summed E-state index contributed by atoms with van der Waals surface area (Å²) in [5.41, 5.74) is 15.8. The van der Waals surface area contributed by atoms with Crippen LogP contribution in [0.5, 0.6) is 0 Å². The van der Waals surface area contributed by atoms with Gasteiger partial charge in [0, 0.05) is 6.54 Å². The summed E-state index contributed by atoms with van der Waals surface area (Å²) in [4.78, 5) is 52.2. The van der Waals surface area contributed by atoms with Crippen molar-refractivity contribution in [2.24, 2.45) is 28.1 Å². The van der Waals surface area contributed by atoms with E-state index in [2.05, 4.69) is 20.9 Å². The van der Waals surface area contributed by atoms with Gasteiger partial charge in [0.25, 0.3) is 0 Å². The maximum atomic E-state index is 12.7. The van der Waals surface area contributed by atoms with Gasteiger partial charge in [-0.2, -0.15) is 0 Å². The maximum absolute atomic E-state index is 12.7. The van der Waals surface area contributed by atoms with E-state index in [0.29, 0.717) is 12.8 Å². The lowest BCUT2D eigenvalue weighted by Gasteiger charge is -2.27. The summed E-state index contributed by atoms with van der Waals surface area (Å²) in [5, 5.41) is 25.6. The largest absolute Gasteiger partial charge is 0.480 e. The second kappa shape index (κ2) is 14.1. The third-order valence-corrected chi connectivity index (χ3v) is 4.64. The first-order valence-electron chi connectivity index (χ1n) is 10.00. The lowest BCUT2D eigenvalue weighted by molar-refractivity contribution is -0.142. The predicted molar refractivity (Wildman–Crippen MR) is 114 cm³/mol. The van der Waals surface area contributed by atoms with Gasteiger partial charge in [0.15, 0.2) is 5.96 Å². The zero-order chi connectivity index (χ0) is 24.1. The molecule has 0 bridgehead atoms. The van der Waals surface area contributed by atoms with Gasteiger partial charge in [-0.1, -0.05) is 20.3 Å². The van der Waals surface area contributed by atoms with E-state index in [1.807, 2.05) is 6.92 Å². The molecule has 0 heterocycles. The second-order valence-electron chi connectivity index (χ2n) is 7.24. The number of amides is 3. The van der Waals surface area contributed by atoms with Gasteiger partial charge in [0.2, 0.25) is 17.7 Å². The van der Waals surface area contributed by atoms with Crippen LogP contribution in [0.25, 0.3) is 0 Å². The summed E-state index contributed by atoms with van der Waals surface area (Å²) in [6.45, 7) is 4.56. The molecule has 0 spiro atoms. The molecule has 0 aromatic carbocycles. The number of carboxylic acids is 1. The molecule has 0 aliphatic rings. The fourth-order valence-corrected chi connectivity index (χ4v) is 2.47. The number of aliphatic hydroxyl groups excluding tert-OH is 1. The summed E-state index contributed by atoms with van der Waals surface area (Å²) in [5.74, 6) is -3.70. The summed E-state index contributed by atoms with van der Waals surface area (Å²) >= 11 is 0. The molecule has 178 valence electrons. The molecule has 11 N–H and O–H groups in total. The number of nitrogens with zero attached hydrogens (tertiary/aromatic N) is 1. The molecule has 0 aliphatic heterocycles. The number of carboxylic acid groups (broad SMARTS) is 1. The summed E-state index contributed by atoms with van der Waals surface area (Å²) in [6, 6.07) is -4.42. The number of carbonyl (C=O) groups is 4. The van der Waals surface area contributed by atoms with Gasteiger partial charge in [0.1, 0.15) is 24.2 Å². The smallest absolute Gasteiger partial charge is 0.326 e. The SMILES string of the molecule is CCC(C)C(NC(=O)C(C)NC(=O)C(N)CO)C(=O)NC(CCCN=C(N)N)C(=O)O. The number of rotatable bonds is 14. The Balaban J connectivity index is 5.12. The molecule has 0 saturated carbocycles. The van der Waals surface area contributed by atoms with Crippen LogP contribution in [0.3, 0.4) is 0 Å². The summed E-state index contributed by atoms with van der Waals surface area (Å²) in [6.07, 6.45) is 0.935. The first-order valence-corrected chi connectivity index (χ1v) is 10.00. The number of aliphatic carboxylic acids is 1. The molecule has 0 rings (SSSR count). The van der Waals surface area contributed by atoms with Crippen molar-refractivity contribution in [1.82, 2.24) is 16.0 Å². The maximum Gasteiger partial charge on any atom is 0.326 e. The van der Waals surface area contributed by atoms with Crippen LogP contribution in [0.4, 0.5) is 0 Å². The molecule has 13 nitrogen and oxygen atoms in total. The van der Waals surface area contributed by atoms with Gasteiger partial charge in [-0.15, -0.1) is 0 Å². The third kappa shape index (κ3) is 10.6. The van der Waals surface area contributed by atoms with E-state index in [1.165, 1.54) is 6.92 Å². The normalized spacial score (nSPS) is 15.5. The quantitative estimate of drug-likeness (QED) is 0.0769. The fraction of sp³-hybridized carbons (Fsp3) is 0.722. The Kier molecular flexibility index (Phi) is 12.8. The molecular weight excluding hydrogens is 410 g/mol. The zero-order valence-corrected chi connectivity index (χ0v) is 18.1. The Morgan fingerprint density at radius 3 is 2.10 bits per heavy atom. The highest BCUT2D eigenvalue weighted by molar-refractivity contribution is 5.94. The van der Waals surface area contributed by atoms with Gasteiger partial charge in [0.05, 0.1) is 6.61 Å². The molecule has 0 saturated heterocycles. The van der Waals surface area contributed by atoms with E-state index in [0.717, 1.165) is 0 Å². The fourth-order valence-electron chi connectivity index (χ4n) is 2.47. The monoisotopic (exact) mass is 445 g/mol. The Morgan fingerprint density at radius 1 is 1.00 bits per heavy atom. The molecule has 0 aromatic heterocycles. The molecule has 0 aliphatic carbocycles. The third-order valence-electron chi connectivity index (χ3n) is 4.64. The lowest BCUT2D eigenvalue weighted by Crippen LogP contribution is -2.58. The van der Waals surface area contributed by atoms with Gasteiger partial charge < -0.3 is 43.4 Å². The summed E-state index contributed by atoms with van der Waals surface area (Å²) in [7, 11) is 0. The minimum atomic E-state index is -1.23. The Bertz CT molecular complexity index is 653. The molecular formula is C18H35N7O6. The number of guanidine groups is 1. The Morgan fingerprint density at radius 2 is 1.61 bits per heavy atom. The molecule has 13 heteroatoms. The van der Waals surface area contributed by atoms with Crippen molar-refractivity contribution in [3.05, 3.63) is 0 Å². The highest BCUT2D eigenvalue weighted by Crippen LogP contribution is 2.10. The van der Waals surface area contributed by atoms with Crippen molar-refractivity contribution in [2.75, 3.05) is 13.2 Å². The minimum absolute atomic E-state index is 0.0878. The van der Waals surface area contributed by atoms with Crippen LogP contribution >= 0.6 is 0 Å². The number of aliphatic imine (C=N–C) groups is 1. The van der Waals surface area contributed by atoms with Crippen molar-refractivity contribution in [2.45, 2.75) is 64.2 Å². The van der Waals surface area contributed by atoms with Gasteiger partial charge in [-0.05, 0) is 25.7 Å². The standard InChI is InChI=1S/C18H35N7O6/c1-4-9(2)13(25-14(27)10(3)23-15(28)11(19)8-26)16(29)24-12(17(30)31)6-5-7-22-18(20)21/h9-13,26H,4-8,19H2,1-3H3,(H,23,28)(H,24,29)(H,25,27)(H,30,31)(H4,20,21,22). The zero-order valence-electron chi connectivity index (χ0n) is 18.1. The summed E-state index contributed by atoms with van der Waals surface area (Å²) < 4.78 is 0. The van der Waals surface area contributed by atoms with E-state index < -0.39 is 54.5 Å². The molecule has 0 fully saturated rings. The number of nitrogens with two attached hydrogens (primary N) is 3. The Labute approximate surface area is 181 Å². The van der Waals surface area contributed by atoms with Crippen molar-refractivity contribution in [3.8, 4) is 0 Å². The molecule has 0 aromatic rings. The van der Waals surface area contributed by atoms with Gasteiger partial charge >= 0.3 is 5.97 Å². The van der Waals surface area contributed by atoms with E-state index >= 15 is 0 Å². The topological polar surface area (TPSA) is 235 Å². The first-order chi connectivity index (χ1) is 14.4. The van der Waals surface area contributed by atoms with Crippen molar-refractivity contribution < 1.29 is 29.4 Å². The number of nitrogens with one attached hydrogen (secondary N) is 3. The van der Waals surface area contributed by atoms with E-state index in [9.17, 15) is 24.3 Å². The molecule has 5 atom stereocenters. The van der Waals surface area contributed by atoms with Gasteiger partial charge in [-0.25, -0.2) is 4.79 Å². The van der Waals surface area contributed by atoms with Crippen molar-refractivity contribution >= 4 is 29.7 Å². The number of carbonyl (C=O) groups excluding carboxylic acids is 3. The van der Waals surface area contributed by atoms with E-state index in [1.54, 1.807) is 6.92 Å². The van der Waals surface area contributed by atoms with Crippen molar-refractivity contribution in [3.63, 3.8) is 0 Å². The lowest BCUT2D eigenvalue weighted by atomic mass is 9.97. The number of hydrogen-bond donors (Lipinski definition) is 8. The van der Waals surface area contributed by atoms with Crippen LogP contribution in [-0.2, 0) is 19.2 Å². The molecule has 5 unspecified atom stereocenters.